The third-order valence-electron chi connectivity index (χ3n) is 2.22. The molecule has 0 saturated carbocycles. The Labute approximate surface area is 87.2 Å². The molecule has 0 spiro atoms. The van der Waals surface area contributed by atoms with Gasteiger partial charge in [0.25, 0.3) is 0 Å². The van der Waals surface area contributed by atoms with E-state index < -0.39 is 7.12 Å². The fourth-order valence-electron chi connectivity index (χ4n) is 1.56. The van der Waals surface area contributed by atoms with Crippen molar-refractivity contribution in [3.05, 3.63) is 23.8 Å². The lowest BCUT2D eigenvalue weighted by Crippen LogP contribution is -2.27. The highest BCUT2D eigenvalue weighted by molar-refractivity contribution is 6.57. The van der Waals surface area contributed by atoms with Crippen molar-refractivity contribution in [1.29, 1.82) is 0 Å². The topological polar surface area (TPSA) is 62.8 Å². The summed E-state index contributed by atoms with van der Waals surface area (Å²) in [7, 11) is -0.0476. The molecule has 0 aliphatic carbocycles. The number of methoxy groups -OCH3 is 1. The van der Waals surface area contributed by atoms with Crippen molar-refractivity contribution in [2.75, 3.05) is 7.11 Å². The van der Waals surface area contributed by atoms with Gasteiger partial charge in [0, 0.05) is 5.39 Å². The molecule has 0 amide bonds. The van der Waals surface area contributed by atoms with Crippen molar-refractivity contribution in [3.63, 3.8) is 0 Å². The highest BCUT2D eigenvalue weighted by Gasteiger charge is 2.18. The van der Waals surface area contributed by atoms with Gasteiger partial charge < -0.3 is 19.2 Å². The smallest absolute Gasteiger partial charge is 0.493 e. The number of hydrogen-bond acceptors (Lipinski definition) is 4. The zero-order valence-electron chi connectivity index (χ0n) is 8.52. The summed E-state index contributed by atoms with van der Waals surface area (Å²) in [6.45, 7) is 1.93. The van der Waals surface area contributed by atoms with Gasteiger partial charge in [-0.3, -0.25) is 0 Å². The molecule has 0 saturated heterocycles. The van der Waals surface area contributed by atoms with Crippen LogP contribution < -0.4 is 10.4 Å². The number of rotatable bonds is 2. The maximum atomic E-state index is 8.98. The Morgan fingerprint density at radius 1 is 1.27 bits per heavy atom. The van der Waals surface area contributed by atoms with Crippen molar-refractivity contribution < 1.29 is 19.2 Å². The SMILES string of the molecule is COc1cc(C)cc2cc(B(O)O)oc12. The maximum absolute atomic E-state index is 8.98. The minimum absolute atomic E-state index is 0.119. The molecule has 0 fully saturated rings. The largest absolute Gasteiger partial charge is 0.526 e. The van der Waals surface area contributed by atoms with Crippen molar-refractivity contribution >= 4 is 23.7 Å². The summed E-state index contributed by atoms with van der Waals surface area (Å²) in [6.07, 6.45) is 0. The Kier molecular flexibility index (Phi) is 2.42. The molecule has 15 heavy (non-hydrogen) atoms. The predicted octanol–water partition coefficient (Wildman–Crippen LogP) is 0.430. The molecule has 5 heteroatoms. The van der Waals surface area contributed by atoms with Gasteiger partial charge in [-0.25, -0.2) is 0 Å². The van der Waals surface area contributed by atoms with Gasteiger partial charge in [-0.15, -0.1) is 0 Å². The summed E-state index contributed by atoms with van der Waals surface area (Å²) in [5.74, 6) is 0.594. The van der Waals surface area contributed by atoms with E-state index >= 15 is 0 Å². The molecule has 1 heterocycles. The van der Waals surface area contributed by atoms with E-state index in [2.05, 4.69) is 0 Å². The lowest BCUT2D eigenvalue weighted by atomic mass is 9.88. The summed E-state index contributed by atoms with van der Waals surface area (Å²) in [4.78, 5) is 0. The van der Waals surface area contributed by atoms with Gasteiger partial charge in [0.1, 0.15) is 5.66 Å². The van der Waals surface area contributed by atoms with E-state index in [1.165, 1.54) is 0 Å². The number of furan rings is 1. The Balaban J connectivity index is 2.68. The minimum Gasteiger partial charge on any atom is -0.493 e. The summed E-state index contributed by atoms with van der Waals surface area (Å²) in [5, 5.41) is 18.8. The molecule has 0 aliphatic heterocycles. The van der Waals surface area contributed by atoms with Crippen LogP contribution in [-0.4, -0.2) is 24.3 Å². The van der Waals surface area contributed by atoms with E-state index in [0.29, 0.717) is 11.3 Å². The Hall–Kier alpha value is -1.46. The van der Waals surface area contributed by atoms with Crippen molar-refractivity contribution in [1.82, 2.24) is 0 Å². The van der Waals surface area contributed by atoms with Crippen LogP contribution in [0, 0.1) is 6.92 Å². The molecular weight excluding hydrogens is 195 g/mol. The molecule has 2 N–H and O–H groups in total. The molecule has 0 atom stereocenters. The minimum atomic E-state index is -1.59. The van der Waals surface area contributed by atoms with Crippen LogP contribution in [0.2, 0.25) is 0 Å². The van der Waals surface area contributed by atoms with Gasteiger partial charge in [0.15, 0.2) is 11.3 Å². The molecule has 0 aliphatic rings. The normalized spacial score (nSPS) is 10.7. The van der Waals surface area contributed by atoms with Crippen LogP contribution in [0.1, 0.15) is 5.56 Å². The van der Waals surface area contributed by atoms with Gasteiger partial charge in [-0.05, 0) is 30.7 Å². The third kappa shape index (κ3) is 1.71. The fourth-order valence-corrected chi connectivity index (χ4v) is 1.56. The zero-order chi connectivity index (χ0) is 11.0. The fraction of sp³-hybridized carbons (Fsp3) is 0.200. The molecule has 0 radical (unpaired) electrons. The van der Waals surface area contributed by atoms with E-state index in [1.54, 1.807) is 13.2 Å². The average molecular weight is 206 g/mol. The third-order valence-corrected chi connectivity index (χ3v) is 2.22. The Morgan fingerprint density at radius 2 is 2.00 bits per heavy atom. The van der Waals surface area contributed by atoms with E-state index in [9.17, 15) is 0 Å². The first-order chi connectivity index (χ1) is 7.11. The summed E-state index contributed by atoms with van der Waals surface area (Å²) < 4.78 is 10.4. The van der Waals surface area contributed by atoms with Crippen LogP contribution in [0.25, 0.3) is 11.0 Å². The molecule has 2 rings (SSSR count). The van der Waals surface area contributed by atoms with Crippen LogP contribution in [0.5, 0.6) is 5.75 Å². The Bertz CT molecular complexity index is 489. The van der Waals surface area contributed by atoms with Gasteiger partial charge >= 0.3 is 7.12 Å². The standard InChI is InChI=1S/C10H11BO4/c1-6-3-7-5-9(11(12)13)15-10(7)8(4-6)14-2/h3-5,12-13H,1-2H3. The number of fused-ring (bicyclic) bond motifs is 1. The van der Waals surface area contributed by atoms with Crippen LogP contribution in [0.15, 0.2) is 22.6 Å². The molecular formula is C10H11BO4. The lowest BCUT2D eigenvalue weighted by molar-refractivity contribution is 0.402. The second-order valence-corrected chi connectivity index (χ2v) is 3.41. The summed E-state index contributed by atoms with van der Waals surface area (Å²) in [5.41, 5.74) is 1.68. The molecule has 78 valence electrons. The number of hydrogen-bond donors (Lipinski definition) is 2. The van der Waals surface area contributed by atoms with Crippen LogP contribution in [0.4, 0.5) is 0 Å². The average Bonchev–Trinajstić information content (AvgIpc) is 2.59. The number of aryl methyl sites for hydroxylation is 1. The molecule has 1 aromatic carbocycles. The first-order valence-electron chi connectivity index (χ1n) is 4.56. The Morgan fingerprint density at radius 3 is 2.60 bits per heavy atom. The molecule has 0 bridgehead atoms. The number of benzene rings is 1. The van der Waals surface area contributed by atoms with Crippen molar-refractivity contribution in [3.8, 4) is 5.75 Å². The summed E-state index contributed by atoms with van der Waals surface area (Å²) >= 11 is 0. The zero-order valence-corrected chi connectivity index (χ0v) is 8.52. The van der Waals surface area contributed by atoms with Crippen molar-refractivity contribution in [2.24, 2.45) is 0 Å². The van der Waals surface area contributed by atoms with Gasteiger partial charge in [-0.2, -0.15) is 0 Å². The molecule has 2 aromatic rings. The van der Waals surface area contributed by atoms with Crippen LogP contribution in [-0.2, 0) is 0 Å². The van der Waals surface area contributed by atoms with Gasteiger partial charge in [-0.1, -0.05) is 0 Å². The molecule has 0 unspecified atom stereocenters. The van der Waals surface area contributed by atoms with Crippen LogP contribution >= 0.6 is 0 Å². The van der Waals surface area contributed by atoms with Gasteiger partial charge in [0.05, 0.1) is 7.11 Å². The second-order valence-electron chi connectivity index (χ2n) is 3.41. The first-order valence-corrected chi connectivity index (χ1v) is 4.56. The van der Waals surface area contributed by atoms with E-state index in [1.807, 2.05) is 19.1 Å². The highest BCUT2D eigenvalue weighted by atomic mass is 16.5. The second kappa shape index (κ2) is 3.60. The number of ether oxygens (including phenoxy) is 1. The van der Waals surface area contributed by atoms with Gasteiger partial charge in [0.2, 0.25) is 0 Å². The lowest BCUT2D eigenvalue weighted by Gasteiger charge is -2.01. The molecule has 4 nitrogen and oxygen atoms in total. The quantitative estimate of drug-likeness (QED) is 0.699. The maximum Gasteiger partial charge on any atom is 0.526 e. The van der Waals surface area contributed by atoms with E-state index in [0.717, 1.165) is 10.9 Å². The summed E-state index contributed by atoms with van der Waals surface area (Å²) in [6, 6.07) is 5.32. The van der Waals surface area contributed by atoms with E-state index in [-0.39, 0.29) is 5.66 Å². The predicted molar refractivity (Wildman–Crippen MR) is 57.3 cm³/mol. The molecule has 1 aromatic heterocycles. The van der Waals surface area contributed by atoms with E-state index in [4.69, 9.17) is 19.2 Å². The first kappa shape index (κ1) is 10.1. The van der Waals surface area contributed by atoms with Crippen molar-refractivity contribution in [2.45, 2.75) is 6.92 Å². The van der Waals surface area contributed by atoms with Crippen LogP contribution in [0.3, 0.4) is 0 Å². The highest BCUT2D eigenvalue weighted by Crippen LogP contribution is 2.27. The monoisotopic (exact) mass is 206 g/mol.